The van der Waals surface area contributed by atoms with Crippen molar-refractivity contribution in [3.05, 3.63) is 23.8 Å². The Morgan fingerprint density at radius 2 is 1.76 bits per heavy atom. The summed E-state index contributed by atoms with van der Waals surface area (Å²) in [5.41, 5.74) is 0.331. The average Bonchev–Trinajstić information content (AvgIpc) is 2.70. The van der Waals surface area contributed by atoms with Crippen LogP contribution in [0.25, 0.3) is 0 Å². The van der Waals surface area contributed by atoms with Gasteiger partial charge in [-0.1, -0.05) is 12.2 Å². The molecule has 0 aliphatic carbocycles. The van der Waals surface area contributed by atoms with Gasteiger partial charge in [-0.05, 0) is 47.1 Å². The van der Waals surface area contributed by atoms with Crippen LogP contribution in [0.5, 0.6) is 0 Å². The van der Waals surface area contributed by atoms with Crippen molar-refractivity contribution in [2.24, 2.45) is 0 Å². The molecule has 2 rings (SSSR count). The monoisotopic (exact) mass is 290 g/mol. The van der Waals surface area contributed by atoms with E-state index in [1.807, 2.05) is 56.6 Å². The molecule has 0 aromatic heterocycles. The predicted octanol–water partition coefficient (Wildman–Crippen LogP) is 2.51. The van der Waals surface area contributed by atoms with E-state index in [1.54, 1.807) is 6.08 Å². The molecule has 0 saturated heterocycles. The number of nitrogens with zero attached hydrogens (tertiary/aromatic N) is 2. The Kier molecular flexibility index (Phi) is 4.00. The second-order valence-corrected chi connectivity index (χ2v) is 7.49. The lowest BCUT2D eigenvalue weighted by atomic mass is 9.91. The largest absolute Gasteiger partial charge is 0.333 e. The lowest BCUT2D eigenvalue weighted by Gasteiger charge is -2.40. The van der Waals surface area contributed by atoms with E-state index in [9.17, 15) is 9.59 Å². The average molecular weight is 290 g/mol. The maximum Gasteiger partial charge on any atom is 0.250 e. The highest BCUT2D eigenvalue weighted by molar-refractivity contribution is 5.96. The minimum atomic E-state index is -0.336. The lowest BCUT2D eigenvalue weighted by molar-refractivity contribution is -0.133. The van der Waals surface area contributed by atoms with Gasteiger partial charge < -0.3 is 9.80 Å². The van der Waals surface area contributed by atoms with E-state index in [2.05, 4.69) is 0 Å². The fourth-order valence-electron chi connectivity index (χ4n) is 3.02. The van der Waals surface area contributed by atoms with Crippen LogP contribution in [0.4, 0.5) is 0 Å². The molecule has 0 radical (unpaired) electrons. The van der Waals surface area contributed by atoms with Crippen LogP contribution in [-0.2, 0) is 9.59 Å². The molecule has 2 aliphatic heterocycles. The molecular formula is C17H26N2O2. The molecule has 2 heterocycles. The summed E-state index contributed by atoms with van der Waals surface area (Å²) in [6, 6.07) is 0. The summed E-state index contributed by atoms with van der Waals surface area (Å²) in [7, 11) is 0. The number of carbonyl (C=O) groups is 2. The normalized spacial score (nSPS) is 20.3. The van der Waals surface area contributed by atoms with Crippen LogP contribution in [0.1, 0.15) is 47.5 Å². The van der Waals surface area contributed by atoms with Gasteiger partial charge >= 0.3 is 0 Å². The minimum Gasteiger partial charge on any atom is -0.333 e. The van der Waals surface area contributed by atoms with E-state index in [-0.39, 0.29) is 22.9 Å². The quantitative estimate of drug-likeness (QED) is 0.801. The van der Waals surface area contributed by atoms with Crippen LogP contribution in [0.15, 0.2) is 23.8 Å². The second-order valence-electron chi connectivity index (χ2n) is 7.49. The van der Waals surface area contributed by atoms with Gasteiger partial charge in [0.05, 0.1) is 0 Å². The molecule has 0 aromatic carbocycles. The number of hydrogen-bond donors (Lipinski definition) is 0. The van der Waals surface area contributed by atoms with Crippen molar-refractivity contribution in [1.82, 2.24) is 9.80 Å². The first-order valence-electron chi connectivity index (χ1n) is 7.62. The van der Waals surface area contributed by atoms with Gasteiger partial charge in [-0.2, -0.15) is 0 Å². The highest BCUT2D eigenvalue weighted by Gasteiger charge is 2.37. The van der Waals surface area contributed by atoms with Crippen LogP contribution >= 0.6 is 0 Å². The van der Waals surface area contributed by atoms with Crippen molar-refractivity contribution in [1.29, 1.82) is 0 Å². The SMILES string of the molecule is CC(C)(C)N1CC=C(CC(C)(C)N2CCC=CC2=O)C1=O. The van der Waals surface area contributed by atoms with Crippen molar-refractivity contribution in [2.45, 2.75) is 58.5 Å². The van der Waals surface area contributed by atoms with Crippen molar-refractivity contribution in [3.63, 3.8) is 0 Å². The first kappa shape index (κ1) is 15.8. The van der Waals surface area contributed by atoms with Crippen molar-refractivity contribution >= 4 is 11.8 Å². The maximum absolute atomic E-state index is 12.5. The van der Waals surface area contributed by atoms with Gasteiger partial charge in [0.1, 0.15) is 0 Å². The molecule has 0 bridgehead atoms. The Morgan fingerprint density at radius 3 is 2.29 bits per heavy atom. The fraction of sp³-hybridized carbons (Fsp3) is 0.647. The zero-order valence-electron chi connectivity index (χ0n) is 13.8. The third kappa shape index (κ3) is 3.20. The van der Waals surface area contributed by atoms with Crippen LogP contribution in [-0.4, -0.2) is 45.8 Å². The fourth-order valence-corrected chi connectivity index (χ4v) is 3.02. The summed E-state index contributed by atoms with van der Waals surface area (Å²) in [6.45, 7) is 11.6. The predicted molar refractivity (Wildman–Crippen MR) is 83.7 cm³/mol. The van der Waals surface area contributed by atoms with Crippen LogP contribution in [0.3, 0.4) is 0 Å². The molecule has 0 spiro atoms. The minimum absolute atomic E-state index is 0.0463. The van der Waals surface area contributed by atoms with Gasteiger partial charge in [-0.15, -0.1) is 0 Å². The van der Waals surface area contributed by atoms with Gasteiger partial charge in [0.2, 0.25) is 11.8 Å². The molecule has 0 saturated carbocycles. The van der Waals surface area contributed by atoms with E-state index in [0.717, 1.165) is 18.5 Å². The first-order valence-corrected chi connectivity index (χ1v) is 7.62. The van der Waals surface area contributed by atoms with Crippen LogP contribution < -0.4 is 0 Å². The Bertz CT molecular complexity index is 509. The van der Waals surface area contributed by atoms with Gasteiger partial charge in [-0.3, -0.25) is 9.59 Å². The van der Waals surface area contributed by atoms with Crippen molar-refractivity contribution in [2.75, 3.05) is 13.1 Å². The van der Waals surface area contributed by atoms with Gasteiger partial charge in [-0.25, -0.2) is 0 Å². The molecule has 0 atom stereocenters. The topological polar surface area (TPSA) is 40.6 Å². The van der Waals surface area contributed by atoms with E-state index < -0.39 is 0 Å². The highest BCUT2D eigenvalue weighted by Crippen LogP contribution is 2.30. The molecule has 0 unspecified atom stereocenters. The smallest absolute Gasteiger partial charge is 0.250 e. The summed E-state index contributed by atoms with van der Waals surface area (Å²) in [5.74, 6) is 0.153. The van der Waals surface area contributed by atoms with E-state index in [0.29, 0.717) is 13.0 Å². The summed E-state index contributed by atoms with van der Waals surface area (Å²) in [5, 5.41) is 0. The molecule has 4 nitrogen and oxygen atoms in total. The molecule has 116 valence electrons. The lowest BCUT2D eigenvalue weighted by Crippen LogP contribution is -2.50. The molecule has 0 N–H and O–H groups in total. The van der Waals surface area contributed by atoms with E-state index in [4.69, 9.17) is 0 Å². The molecule has 2 amide bonds. The Balaban J connectivity index is 2.10. The van der Waals surface area contributed by atoms with Crippen LogP contribution in [0, 0.1) is 0 Å². The Labute approximate surface area is 127 Å². The zero-order chi connectivity index (χ0) is 15.8. The highest BCUT2D eigenvalue weighted by atomic mass is 16.2. The zero-order valence-corrected chi connectivity index (χ0v) is 13.8. The van der Waals surface area contributed by atoms with Crippen LogP contribution in [0.2, 0.25) is 0 Å². The first-order chi connectivity index (χ1) is 9.63. The third-order valence-electron chi connectivity index (χ3n) is 4.25. The number of amides is 2. The molecule has 4 heteroatoms. The molecular weight excluding hydrogens is 264 g/mol. The molecule has 0 fully saturated rings. The maximum atomic E-state index is 12.5. The number of carbonyl (C=O) groups excluding carboxylic acids is 2. The Morgan fingerprint density at radius 1 is 1.10 bits per heavy atom. The summed E-state index contributed by atoms with van der Waals surface area (Å²) in [6.07, 6.45) is 7.06. The Hall–Kier alpha value is -1.58. The standard InChI is InChI=1S/C17H26N2O2/c1-16(2,3)19-11-9-13(15(19)21)12-17(4,5)18-10-7-6-8-14(18)20/h6,8-9H,7,10-12H2,1-5H3. The van der Waals surface area contributed by atoms with E-state index in [1.165, 1.54) is 0 Å². The summed E-state index contributed by atoms with van der Waals surface area (Å²) in [4.78, 5) is 28.3. The molecule has 21 heavy (non-hydrogen) atoms. The van der Waals surface area contributed by atoms with Crippen molar-refractivity contribution in [3.8, 4) is 0 Å². The van der Waals surface area contributed by atoms with Crippen molar-refractivity contribution < 1.29 is 9.59 Å². The molecule has 0 aromatic rings. The van der Waals surface area contributed by atoms with Gasteiger partial charge in [0, 0.05) is 36.2 Å². The second kappa shape index (κ2) is 5.32. The summed E-state index contributed by atoms with van der Waals surface area (Å²) >= 11 is 0. The summed E-state index contributed by atoms with van der Waals surface area (Å²) < 4.78 is 0. The van der Waals surface area contributed by atoms with E-state index >= 15 is 0 Å². The molecule has 2 aliphatic rings. The van der Waals surface area contributed by atoms with Gasteiger partial charge in [0.15, 0.2) is 0 Å². The number of hydrogen-bond acceptors (Lipinski definition) is 2. The van der Waals surface area contributed by atoms with Gasteiger partial charge in [0.25, 0.3) is 0 Å². The third-order valence-corrected chi connectivity index (χ3v) is 4.25. The number of rotatable bonds is 3.